The van der Waals surface area contributed by atoms with Gasteiger partial charge in [0, 0.05) is 32.8 Å². The van der Waals surface area contributed by atoms with Crippen LogP contribution in [0.15, 0.2) is 0 Å². The van der Waals surface area contributed by atoms with Crippen molar-refractivity contribution in [1.82, 2.24) is 10.2 Å². The molecular weight excluding hydrogens is 264 g/mol. The van der Waals surface area contributed by atoms with Gasteiger partial charge in [-0.3, -0.25) is 0 Å². The monoisotopic (exact) mass is 300 g/mol. The van der Waals surface area contributed by atoms with Crippen molar-refractivity contribution in [1.29, 1.82) is 0 Å². The first-order valence-corrected chi connectivity index (χ1v) is 8.52. The van der Waals surface area contributed by atoms with Crippen molar-refractivity contribution in [2.45, 2.75) is 46.6 Å². The zero-order valence-corrected chi connectivity index (χ0v) is 14.8. The normalized spacial score (nSPS) is 18.9. The van der Waals surface area contributed by atoms with Gasteiger partial charge in [0.15, 0.2) is 0 Å². The van der Waals surface area contributed by atoms with E-state index in [2.05, 4.69) is 45.0 Å². The Morgan fingerprint density at radius 3 is 2.43 bits per heavy atom. The van der Waals surface area contributed by atoms with Crippen molar-refractivity contribution in [2.75, 3.05) is 53.0 Å². The van der Waals surface area contributed by atoms with Crippen molar-refractivity contribution in [2.24, 2.45) is 11.3 Å². The Labute approximate surface area is 131 Å². The Bertz CT molecular complexity index is 264. The first-order chi connectivity index (χ1) is 9.93. The van der Waals surface area contributed by atoms with Gasteiger partial charge in [0.2, 0.25) is 0 Å². The lowest BCUT2D eigenvalue weighted by atomic mass is 9.79. The van der Waals surface area contributed by atoms with Gasteiger partial charge in [0.25, 0.3) is 0 Å². The van der Waals surface area contributed by atoms with Crippen LogP contribution >= 0.6 is 0 Å². The summed E-state index contributed by atoms with van der Waals surface area (Å²) in [7, 11) is 2.21. The van der Waals surface area contributed by atoms with Gasteiger partial charge in [0.05, 0.1) is 12.7 Å². The summed E-state index contributed by atoms with van der Waals surface area (Å²) in [6.07, 6.45) is 2.64. The van der Waals surface area contributed by atoms with Crippen molar-refractivity contribution in [3.8, 4) is 0 Å². The highest BCUT2D eigenvalue weighted by Crippen LogP contribution is 2.30. The summed E-state index contributed by atoms with van der Waals surface area (Å²) < 4.78 is 11.2. The highest BCUT2D eigenvalue weighted by molar-refractivity contribution is 4.86. The smallest absolute Gasteiger partial charge is 0.0596 e. The quantitative estimate of drug-likeness (QED) is 0.672. The third kappa shape index (κ3) is 8.15. The zero-order valence-electron chi connectivity index (χ0n) is 14.8. The van der Waals surface area contributed by atoms with E-state index in [1.165, 1.54) is 0 Å². The van der Waals surface area contributed by atoms with Crippen LogP contribution in [0.4, 0.5) is 0 Å². The van der Waals surface area contributed by atoms with Crippen molar-refractivity contribution < 1.29 is 9.47 Å². The van der Waals surface area contributed by atoms with Gasteiger partial charge in [-0.2, -0.15) is 0 Å². The Balaban J connectivity index is 2.40. The fourth-order valence-electron chi connectivity index (χ4n) is 2.92. The Morgan fingerprint density at radius 2 is 1.86 bits per heavy atom. The fraction of sp³-hybridized carbons (Fsp3) is 1.00. The van der Waals surface area contributed by atoms with E-state index in [0.29, 0.717) is 17.4 Å². The van der Waals surface area contributed by atoms with Crippen LogP contribution in [0.3, 0.4) is 0 Å². The predicted octanol–water partition coefficient (Wildman–Crippen LogP) is 2.39. The van der Waals surface area contributed by atoms with Gasteiger partial charge >= 0.3 is 0 Å². The molecule has 0 atom stereocenters. The van der Waals surface area contributed by atoms with E-state index in [1.54, 1.807) is 0 Å². The van der Waals surface area contributed by atoms with Crippen LogP contribution in [0.25, 0.3) is 0 Å². The largest absolute Gasteiger partial charge is 0.381 e. The molecule has 1 heterocycles. The molecule has 0 aromatic carbocycles. The first-order valence-electron chi connectivity index (χ1n) is 8.52. The number of ether oxygens (including phenoxy) is 2. The maximum atomic E-state index is 5.67. The lowest BCUT2D eigenvalue weighted by Crippen LogP contribution is -2.47. The summed E-state index contributed by atoms with van der Waals surface area (Å²) in [6.45, 7) is 15.7. The van der Waals surface area contributed by atoms with Gasteiger partial charge in [-0.05, 0) is 51.6 Å². The summed E-state index contributed by atoms with van der Waals surface area (Å²) in [5, 5.41) is 3.66. The minimum absolute atomic E-state index is 0.322. The van der Waals surface area contributed by atoms with Crippen molar-refractivity contribution in [3.05, 3.63) is 0 Å². The second-order valence-corrected chi connectivity index (χ2v) is 7.29. The van der Waals surface area contributed by atoms with E-state index in [0.717, 1.165) is 58.8 Å². The molecule has 1 aliphatic heterocycles. The summed E-state index contributed by atoms with van der Waals surface area (Å²) in [5.74, 6) is 0.707. The summed E-state index contributed by atoms with van der Waals surface area (Å²) in [4.78, 5) is 2.42. The van der Waals surface area contributed by atoms with Gasteiger partial charge < -0.3 is 19.7 Å². The molecule has 0 spiro atoms. The molecule has 0 unspecified atom stereocenters. The lowest BCUT2D eigenvalue weighted by Gasteiger charge is -2.40. The van der Waals surface area contributed by atoms with E-state index in [4.69, 9.17) is 9.47 Å². The van der Waals surface area contributed by atoms with E-state index < -0.39 is 0 Å². The average Bonchev–Trinajstić information content (AvgIpc) is 2.38. The average molecular weight is 300 g/mol. The standard InChI is InChI=1S/C17H36N2O2/c1-15(2)12-18-13-17(6-9-20-10-7-17)14-19(5)8-11-21-16(3)4/h15-16,18H,6-14H2,1-5H3. The lowest BCUT2D eigenvalue weighted by molar-refractivity contribution is -0.00732. The minimum Gasteiger partial charge on any atom is -0.381 e. The number of rotatable bonds is 10. The van der Waals surface area contributed by atoms with Crippen LogP contribution in [0.5, 0.6) is 0 Å². The maximum Gasteiger partial charge on any atom is 0.0596 e. The van der Waals surface area contributed by atoms with Crippen LogP contribution in [-0.2, 0) is 9.47 Å². The molecular formula is C17H36N2O2. The highest BCUT2D eigenvalue weighted by Gasteiger charge is 2.33. The molecule has 126 valence electrons. The number of hydrogen-bond acceptors (Lipinski definition) is 4. The summed E-state index contributed by atoms with van der Waals surface area (Å²) in [5.41, 5.74) is 0.361. The van der Waals surface area contributed by atoms with Crippen LogP contribution in [0.2, 0.25) is 0 Å². The molecule has 1 N–H and O–H groups in total. The first kappa shape index (κ1) is 18.9. The van der Waals surface area contributed by atoms with Crippen LogP contribution < -0.4 is 5.32 Å². The van der Waals surface area contributed by atoms with Crippen LogP contribution in [0.1, 0.15) is 40.5 Å². The third-order valence-corrected chi connectivity index (χ3v) is 4.14. The van der Waals surface area contributed by atoms with Gasteiger partial charge in [-0.1, -0.05) is 13.8 Å². The molecule has 0 aromatic heterocycles. The number of likely N-dealkylation sites (N-methyl/N-ethyl adjacent to an activating group) is 1. The molecule has 0 aromatic rings. The summed E-state index contributed by atoms with van der Waals surface area (Å²) >= 11 is 0. The maximum absolute atomic E-state index is 5.67. The molecule has 1 saturated heterocycles. The molecule has 0 radical (unpaired) electrons. The third-order valence-electron chi connectivity index (χ3n) is 4.14. The molecule has 1 aliphatic rings. The number of hydrogen-bond donors (Lipinski definition) is 1. The minimum atomic E-state index is 0.322. The van der Waals surface area contributed by atoms with E-state index >= 15 is 0 Å². The number of nitrogens with zero attached hydrogens (tertiary/aromatic N) is 1. The van der Waals surface area contributed by atoms with Gasteiger partial charge in [-0.15, -0.1) is 0 Å². The zero-order chi connectivity index (χ0) is 15.7. The molecule has 4 heteroatoms. The molecule has 4 nitrogen and oxygen atoms in total. The fourth-order valence-corrected chi connectivity index (χ4v) is 2.92. The second kappa shape index (κ2) is 9.78. The van der Waals surface area contributed by atoms with Crippen LogP contribution in [0, 0.1) is 11.3 Å². The summed E-state index contributed by atoms with van der Waals surface area (Å²) in [6, 6.07) is 0. The van der Waals surface area contributed by atoms with Gasteiger partial charge in [0.1, 0.15) is 0 Å². The van der Waals surface area contributed by atoms with Crippen molar-refractivity contribution >= 4 is 0 Å². The van der Waals surface area contributed by atoms with E-state index in [-0.39, 0.29) is 0 Å². The molecule has 0 aliphatic carbocycles. The second-order valence-electron chi connectivity index (χ2n) is 7.29. The molecule has 1 fully saturated rings. The molecule has 0 saturated carbocycles. The molecule has 1 rings (SSSR count). The van der Waals surface area contributed by atoms with E-state index in [9.17, 15) is 0 Å². The molecule has 0 amide bonds. The highest BCUT2D eigenvalue weighted by atomic mass is 16.5. The topological polar surface area (TPSA) is 33.7 Å². The Hall–Kier alpha value is -0.160. The van der Waals surface area contributed by atoms with Crippen molar-refractivity contribution in [3.63, 3.8) is 0 Å². The van der Waals surface area contributed by atoms with E-state index in [1.807, 2.05) is 0 Å². The predicted molar refractivity (Wildman–Crippen MR) is 88.8 cm³/mol. The Morgan fingerprint density at radius 1 is 1.19 bits per heavy atom. The molecule has 0 bridgehead atoms. The number of nitrogens with one attached hydrogen (secondary N) is 1. The van der Waals surface area contributed by atoms with Gasteiger partial charge in [-0.25, -0.2) is 0 Å². The van der Waals surface area contributed by atoms with Crippen LogP contribution in [-0.4, -0.2) is 64.1 Å². The Kier molecular flexibility index (Phi) is 8.79. The SMILES string of the molecule is CC(C)CNCC1(CN(C)CCOC(C)C)CCOCC1. The molecule has 21 heavy (non-hydrogen) atoms.